The SMILES string of the molecule is CCOC(OCC)C(=O)c1nc(C)cs1. The molecule has 15 heavy (non-hydrogen) atoms. The molecule has 0 aliphatic rings. The minimum absolute atomic E-state index is 0.197. The molecule has 1 rings (SSSR count). The largest absolute Gasteiger partial charge is 0.346 e. The van der Waals surface area contributed by atoms with Gasteiger partial charge in [-0.3, -0.25) is 4.79 Å². The molecule has 0 fully saturated rings. The lowest BCUT2D eigenvalue weighted by atomic mass is 10.4. The second-order valence-corrected chi connectivity index (χ2v) is 3.76. The molecule has 0 saturated carbocycles. The van der Waals surface area contributed by atoms with E-state index < -0.39 is 6.29 Å². The van der Waals surface area contributed by atoms with Crippen molar-refractivity contribution < 1.29 is 14.3 Å². The Morgan fingerprint density at radius 3 is 2.47 bits per heavy atom. The predicted molar refractivity (Wildman–Crippen MR) is 58.2 cm³/mol. The van der Waals surface area contributed by atoms with Crippen LogP contribution >= 0.6 is 11.3 Å². The second kappa shape index (κ2) is 5.95. The van der Waals surface area contributed by atoms with E-state index in [1.807, 2.05) is 26.2 Å². The summed E-state index contributed by atoms with van der Waals surface area (Å²) >= 11 is 1.32. The fourth-order valence-electron chi connectivity index (χ4n) is 1.07. The number of ether oxygens (including phenoxy) is 2. The molecule has 0 spiro atoms. The molecule has 0 bridgehead atoms. The van der Waals surface area contributed by atoms with Gasteiger partial charge in [0.2, 0.25) is 12.1 Å². The predicted octanol–water partition coefficient (Wildman–Crippen LogP) is 2.03. The van der Waals surface area contributed by atoms with E-state index in [9.17, 15) is 4.79 Å². The van der Waals surface area contributed by atoms with Gasteiger partial charge in [-0.05, 0) is 20.8 Å². The summed E-state index contributed by atoms with van der Waals surface area (Å²) in [6, 6.07) is 0. The number of thiazole rings is 1. The van der Waals surface area contributed by atoms with E-state index in [-0.39, 0.29) is 5.78 Å². The van der Waals surface area contributed by atoms with E-state index in [4.69, 9.17) is 9.47 Å². The van der Waals surface area contributed by atoms with Crippen LogP contribution in [0.25, 0.3) is 0 Å². The van der Waals surface area contributed by atoms with E-state index in [1.54, 1.807) is 0 Å². The quantitative estimate of drug-likeness (QED) is 0.553. The van der Waals surface area contributed by atoms with Crippen molar-refractivity contribution in [2.24, 2.45) is 0 Å². The first-order chi connectivity index (χ1) is 7.19. The highest BCUT2D eigenvalue weighted by Gasteiger charge is 2.23. The Kier molecular flexibility index (Phi) is 4.87. The van der Waals surface area contributed by atoms with Gasteiger partial charge in [0.25, 0.3) is 0 Å². The van der Waals surface area contributed by atoms with Crippen molar-refractivity contribution in [2.45, 2.75) is 27.1 Å². The van der Waals surface area contributed by atoms with Crippen molar-refractivity contribution >= 4 is 17.1 Å². The molecule has 0 unspecified atom stereocenters. The third-order valence-electron chi connectivity index (χ3n) is 1.68. The first-order valence-electron chi connectivity index (χ1n) is 4.88. The lowest BCUT2D eigenvalue weighted by molar-refractivity contribution is -0.107. The lowest BCUT2D eigenvalue weighted by Crippen LogP contribution is -2.27. The normalized spacial score (nSPS) is 10.9. The van der Waals surface area contributed by atoms with Crippen molar-refractivity contribution in [3.05, 3.63) is 16.1 Å². The summed E-state index contributed by atoms with van der Waals surface area (Å²) in [5.41, 5.74) is 0.843. The highest BCUT2D eigenvalue weighted by molar-refractivity contribution is 7.11. The van der Waals surface area contributed by atoms with Gasteiger partial charge in [0.1, 0.15) is 0 Å². The summed E-state index contributed by atoms with van der Waals surface area (Å²) in [5, 5.41) is 2.28. The number of hydrogen-bond acceptors (Lipinski definition) is 5. The average molecular weight is 229 g/mol. The Morgan fingerprint density at radius 1 is 1.47 bits per heavy atom. The van der Waals surface area contributed by atoms with Gasteiger partial charge in [-0.1, -0.05) is 0 Å². The van der Waals surface area contributed by atoms with Crippen LogP contribution in [0, 0.1) is 6.92 Å². The summed E-state index contributed by atoms with van der Waals surface area (Å²) in [5.74, 6) is -0.197. The van der Waals surface area contributed by atoms with E-state index in [0.717, 1.165) is 5.69 Å². The molecule has 0 N–H and O–H groups in total. The average Bonchev–Trinajstić information content (AvgIpc) is 2.63. The molecule has 84 valence electrons. The van der Waals surface area contributed by atoms with Gasteiger partial charge in [0.05, 0.1) is 0 Å². The van der Waals surface area contributed by atoms with Crippen LogP contribution in [-0.4, -0.2) is 30.3 Å². The standard InChI is InChI=1S/C10H15NO3S/c1-4-13-10(14-5-2)8(12)9-11-7(3)6-15-9/h6,10H,4-5H2,1-3H3. The lowest BCUT2D eigenvalue weighted by Gasteiger charge is -2.13. The molecule has 0 saturated heterocycles. The number of carbonyl (C=O) groups excluding carboxylic acids is 1. The molecule has 1 heterocycles. The zero-order valence-electron chi connectivity index (χ0n) is 9.15. The zero-order chi connectivity index (χ0) is 11.3. The number of carbonyl (C=O) groups is 1. The van der Waals surface area contributed by atoms with E-state index in [2.05, 4.69) is 4.98 Å². The Hall–Kier alpha value is -0.780. The van der Waals surface area contributed by atoms with Gasteiger partial charge in [-0.25, -0.2) is 4.98 Å². The van der Waals surface area contributed by atoms with Gasteiger partial charge < -0.3 is 9.47 Å². The fourth-order valence-corrected chi connectivity index (χ4v) is 1.81. The van der Waals surface area contributed by atoms with Crippen LogP contribution in [0.4, 0.5) is 0 Å². The number of nitrogens with zero attached hydrogens (tertiary/aromatic N) is 1. The third kappa shape index (κ3) is 3.37. The molecule has 0 aromatic carbocycles. The third-order valence-corrected chi connectivity index (χ3v) is 2.65. The monoisotopic (exact) mass is 229 g/mol. The van der Waals surface area contributed by atoms with Crippen molar-refractivity contribution in [3.8, 4) is 0 Å². The molecule has 4 nitrogen and oxygen atoms in total. The van der Waals surface area contributed by atoms with E-state index >= 15 is 0 Å². The second-order valence-electron chi connectivity index (χ2n) is 2.90. The van der Waals surface area contributed by atoms with Gasteiger partial charge in [-0.2, -0.15) is 0 Å². The highest BCUT2D eigenvalue weighted by Crippen LogP contribution is 2.13. The topological polar surface area (TPSA) is 48.4 Å². The van der Waals surface area contributed by atoms with Crippen LogP contribution < -0.4 is 0 Å². The van der Waals surface area contributed by atoms with Crippen LogP contribution in [0.3, 0.4) is 0 Å². The van der Waals surface area contributed by atoms with Crippen LogP contribution in [-0.2, 0) is 9.47 Å². The molecule has 0 atom stereocenters. The molecular weight excluding hydrogens is 214 g/mol. The smallest absolute Gasteiger partial charge is 0.247 e. The Bertz CT molecular complexity index is 318. The maximum atomic E-state index is 11.8. The number of aryl methyl sites for hydroxylation is 1. The summed E-state index contributed by atoms with van der Waals surface area (Å²) in [6.45, 7) is 6.39. The molecule has 0 aliphatic carbocycles. The number of rotatable bonds is 6. The molecule has 0 radical (unpaired) electrons. The molecule has 1 aromatic rings. The molecular formula is C10H15NO3S. The fraction of sp³-hybridized carbons (Fsp3) is 0.600. The van der Waals surface area contributed by atoms with Gasteiger partial charge in [-0.15, -0.1) is 11.3 Å². The van der Waals surface area contributed by atoms with Crippen molar-refractivity contribution in [1.82, 2.24) is 4.98 Å². The van der Waals surface area contributed by atoms with Gasteiger partial charge >= 0.3 is 0 Å². The minimum Gasteiger partial charge on any atom is -0.346 e. The Labute approximate surface area is 93.2 Å². The van der Waals surface area contributed by atoms with Crippen LogP contribution in [0.1, 0.15) is 29.3 Å². The van der Waals surface area contributed by atoms with E-state index in [0.29, 0.717) is 18.2 Å². The van der Waals surface area contributed by atoms with Crippen molar-refractivity contribution in [1.29, 1.82) is 0 Å². The first-order valence-corrected chi connectivity index (χ1v) is 5.76. The maximum absolute atomic E-state index is 11.8. The molecule has 0 aliphatic heterocycles. The minimum atomic E-state index is -0.814. The summed E-state index contributed by atoms with van der Waals surface area (Å²) in [6.07, 6.45) is -0.814. The van der Waals surface area contributed by atoms with Crippen molar-refractivity contribution in [2.75, 3.05) is 13.2 Å². The van der Waals surface area contributed by atoms with Crippen LogP contribution in [0.15, 0.2) is 5.38 Å². The Balaban J connectivity index is 2.71. The van der Waals surface area contributed by atoms with Crippen LogP contribution in [0.5, 0.6) is 0 Å². The molecule has 5 heteroatoms. The van der Waals surface area contributed by atoms with Gasteiger partial charge in [0, 0.05) is 24.3 Å². The number of aromatic nitrogens is 1. The summed E-state index contributed by atoms with van der Waals surface area (Å²) < 4.78 is 10.4. The Morgan fingerprint density at radius 2 is 2.07 bits per heavy atom. The number of Topliss-reactive ketones (excluding diaryl/α,β-unsaturated/α-hetero) is 1. The van der Waals surface area contributed by atoms with Gasteiger partial charge in [0.15, 0.2) is 5.01 Å². The number of ketones is 1. The highest BCUT2D eigenvalue weighted by atomic mass is 32.1. The summed E-state index contributed by atoms with van der Waals surface area (Å²) in [7, 11) is 0. The molecule has 0 amide bonds. The van der Waals surface area contributed by atoms with Crippen LogP contribution in [0.2, 0.25) is 0 Å². The summed E-state index contributed by atoms with van der Waals surface area (Å²) in [4.78, 5) is 15.9. The first kappa shape index (κ1) is 12.3. The van der Waals surface area contributed by atoms with E-state index in [1.165, 1.54) is 11.3 Å². The zero-order valence-corrected chi connectivity index (χ0v) is 9.97. The van der Waals surface area contributed by atoms with Crippen molar-refractivity contribution in [3.63, 3.8) is 0 Å². The molecule has 1 aromatic heterocycles. The number of hydrogen-bond donors (Lipinski definition) is 0. The maximum Gasteiger partial charge on any atom is 0.247 e.